The van der Waals surface area contributed by atoms with Crippen molar-refractivity contribution < 1.29 is 19.1 Å². The molecule has 1 unspecified atom stereocenters. The molecule has 110 valence electrons. The molecule has 2 aromatic rings. The average molecular weight is 287 g/mol. The average Bonchev–Trinajstić information content (AvgIpc) is 2.90. The Morgan fingerprint density at radius 1 is 1.29 bits per heavy atom. The lowest BCUT2D eigenvalue weighted by Gasteiger charge is -2.18. The van der Waals surface area contributed by atoms with Crippen molar-refractivity contribution in [2.75, 3.05) is 0 Å². The van der Waals surface area contributed by atoms with Crippen molar-refractivity contribution in [2.45, 2.75) is 25.8 Å². The van der Waals surface area contributed by atoms with Crippen molar-refractivity contribution >= 4 is 11.9 Å². The minimum Gasteiger partial charge on any atom is -0.481 e. The summed E-state index contributed by atoms with van der Waals surface area (Å²) in [5.74, 6) is -0.502. The van der Waals surface area contributed by atoms with Gasteiger partial charge in [0.15, 0.2) is 0 Å². The molecule has 0 bridgehead atoms. The number of carbonyl (C=O) groups excluding carboxylic acids is 1. The van der Waals surface area contributed by atoms with Gasteiger partial charge in [0.1, 0.15) is 12.0 Å². The van der Waals surface area contributed by atoms with Crippen LogP contribution in [0.4, 0.5) is 0 Å². The van der Waals surface area contributed by atoms with Gasteiger partial charge < -0.3 is 14.8 Å². The molecule has 1 aromatic carbocycles. The Morgan fingerprint density at radius 2 is 2.00 bits per heavy atom. The molecule has 0 saturated heterocycles. The third-order valence-electron chi connectivity index (χ3n) is 3.15. The molecule has 2 N–H and O–H groups in total. The predicted molar refractivity (Wildman–Crippen MR) is 77.0 cm³/mol. The van der Waals surface area contributed by atoms with E-state index < -0.39 is 5.97 Å². The Morgan fingerprint density at radius 3 is 2.57 bits per heavy atom. The van der Waals surface area contributed by atoms with Crippen LogP contribution >= 0.6 is 0 Å². The number of nitrogens with one attached hydrogen (secondary N) is 1. The quantitative estimate of drug-likeness (QED) is 0.856. The molecule has 0 aliphatic heterocycles. The number of hydrogen-bond donors (Lipinski definition) is 2. The molecule has 0 fully saturated rings. The van der Waals surface area contributed by atoms with Crippen LogP contribution in [0.3, 0.4) is 0 Å². The number of carbonyl (C=O) groups is 2. The molecule has 5 nitrogen and oxygen atoms in total. The second-order valence-corrected chi connectivity index (χ2v) is 4.82. The van der Waals surface area contributed by atoms with Gasteiger partial charge in [0.05, 0.1) is 11.6 Å². The fourth-order valence-electron chi connectivity index (χ4n) is 2.08. The van der Waals surface area contributed by atoms with Gasteiger partial charge in [0.2, 0.25) is 0 Å². The lowest BCUT2D eigenvalue weighted by Crippen LogP contribution is -2.28. The molecule has 0 saturated carbocycles. The number of rotatable bonds is 6. The first-order valence-electron chi connectivity index (χ1n) is 6.69. The van der Waals surface area contributed by atoms with Crippen molar-refractivity contribution in [1.82, 2.24) is 5.32 Å². The van der Waals surface area contributed by atoms with E-state index in [0.717, 1.165) is 5.56 Å². The van der Waals surface area contributed by atoms with Gasteiger partial charge in [0, 0.05) is 6.42 Å². The van der Waals surface area contributed by atoms with E-state index in [-0.39, 0.29) is 18.4 Å². The third kappa shape index (κ3) is 4.21. The van der Waals surface area contributed by atoms with Gasteiger partial charge >= 0.3 is 5.97 Å². The van der Waals surface area contributed by atoms with Gasteiger partial charge in [0.25, 0.3) is 5.91 Å². The lowest BCUT2D eigenvalue weighted by atomic mass is 10.0. The minimum absolute atomic E-state index is 0.00967. The van der Waals surface area contributed by atoms with Gasteiger partial charge in [-0.15, -0.1) is 0 Å². The van der Waals surface area contributed by atoms with Crippen LogP contribution in [0, 0.1) is 6.92 Å². The smallest absolute Gasteiger partial charge is 0.303 e. The van der Waals surface area contributed by atoms with Crippen LogP contribution in [-0.2, 0) is 4.79 Å². The molecule has 1 aromatic heterocycles. The molecule has 0 spiro atoms. The highest BCUT2D eigenvalue weighted by Gasteiger charge is 2.17. The number of aryl methyl sites for hydroxylation is 1. The zero-order valence-electron chi connectivity index (χ0n) is 11.7. The first kappa shape index (κ1) is 14.8. The SMILES string of the molecule is Cc1cc(C(=O)NC(CCC(=O)O)c2ccccc2)co1. The van der Waals surface area contributed by atoms with Gasteiger partial charge in [-0.1, -0.05) is 30.3 Å². The first-order valence-corrected chi connectivity index (χ1v) is 6.69. The van der Waals surface area contributed by atoms with E-state index in [1.165, 1.54) is 6.26 Å². The number of carboxylic acids is 1. The van der Waals surface area contributed by atoms with Crippen LogP contribution < -0.4 is 5.32 Å². The third-order valence-corrected chi connectivity index (χ3v) is 3.15. The first-order chi connectivity index (χ1) is 10.1. The zero-order valence-corrected chi connectivity index (χ0v) is 11.7. The Labute approximate surface area is 122 Å². The van der Waals surface area contributed by atoms with Crippen LogP contribution in [0.25, 0.3) is 0 Å². The number of furan rings is 1. The molecule has 0 aliphatic rings. The van der Waals surface area contributed by atoms with E-state index in [0.29, 0.717) is 17.7 Å². The number of hydrogen-bond acceptors (Lipinski definition) is 3. The van der Waals surface area contributed by atoms with Gasteiger partial charge in [-0.05, 0) is 25.0 Å². The Hall–Kier alpha value is -2.56. The maximum absolute atomic E-state index is 12.2. The highest BCUT2D eigenvalue weighted by molar-refractivity contribution is 5.94. The number of carboxylic acid groups (broad SMARTS) is 1. The normalized spacial score (nSPS) is 11.9. The van der Waals surface area contributed by atoms with Crippen LogP contribution in [0.2, 0.25) is 0 Å². The number of amides is 1. The summed E-state index contributed by atoms with van der Waals surface area (Å²) >= 11 is 0. The number of aliphatic carboxylic acids is 1. The summed E-state index contributed by atoms with van der Waals surface area (Å²) in [6.07, 6.45) is 1.72. The predicted octanol–water partition coefficient (Wildman–Crippen LogP) is 2.92. The van der Waals surface area contributed by atoms with Crippen molar-refractivity contribution in [2.24, 2.45) is 0 Å². The summed E-state index contributed by atoms with van der Waals surface area (Å²) in [7, 11) is 0. The summed E-state index contributed by atoms with van der Waals surface area (Å²) < 4.78 is 5.12. The molecule has 5 heteroatoms. The summed E-state index contributed by atoms with van der Waals surface area (Å²) in [6.45, 7) is 1.76. The fraction of sp³-hybridized carbons (Fsp3) is 0.250. The highest BCUT2D eigenvalue weighted by atomic mass is 16.4. The second-order valence-electron chi connectivity index (χ2n) is 4.82. The summed E-state index contributed by atoms with van der Waals surface area (Å²) in [5, 5.41) is 11.7. The Bertz CT molecular complexity index is 618. The second kappa shape index (κ2) is 6.74. The lowest BCUT2D eigenvalue weighted by molar-refractivity contribution is -0.137. The van der Waals surface area contributed by atoms with E-state index in [1.54, 1.807) is 13.0 Å². The van der Waals surface area contributed by atoms with Gasteiger partial charge in [-0.2, -0.15) is 0 Å². The van der Waals surface area contributed by atoms with Crippen molar-refractivity contribution in [1.29, 1.82) is 0 Å². The minimum atomic E-state index is -0.885. The topological polar surface area (TPSA) is 79.5 Å². The van der Waals surface area contributed by atoms with Crippen molar-refractivity contribution in [3.63, 3.8) is 0 Å². The van der Waals surface area contributed by atoms with E-state index in [9.17, 15) is 9.59 Å². The molecule has 1 atom stereocenters. The highest BCUT2D eigenvalue weighted by Crippen LogP contribution is 2.19. The molecular weight excluding hydrogens is 270 g/mol. The summed E-state index contributed by atoms with van der Waals surface area (Å²) in [5.41, 5.74) is 1.32. The number of benzene rings is 1. The maximum Gasteiger partial charge on any atom is 0.303 e. The summed E-state index contributed by atoms with van der Waals surface area (Å²) in [4.78, 5) is 22.9. The van der Waals surface area contributed by atoms with E-state index >= 15 is 0 Å². The Balaban J connectivity index is 2.12. The standard InChI is InChI=1S/C16H17NO4/c1-11-9-13(10-21-11)16(20)17-14(7-8-15(18)19)12-5-3-2-4-6-12/h2-6,9-10,14H,7-8H2,1H3,(H,17,20)(H,18,19). The molecule has 1 heterocycles. The van der Waals surface area contributed by atoms with E-state index in [1.807, 2.05) is 30.3 Å². The molecule has 0 radical (unpaired) electrons. The van der Waals surface area contributed by atoms with E-state index in [2.05, 4.69) is 5.32 Å². The molecule has 1 amide bonds. The maximum atomic E-state index is 12.2. The van der Waals surface area contributed by atoms with Crippen LogP contribution in [0.1, 0.15) is 40.6 Å². The molecule has 0 aliphatic carbocycles. The monoisotopic (exact) mass is 287 g/mol. The Kier molecular flexibility index (Phi) is 4.77. The van der Waals surface area contributed by atoms with Crippen LogP contribution in [0.15, 0.2) is 47.1 Å². The molecule has 2 rings (SSSR count). The van der Waals surface area contributed by atoms with Gasteiger partial charge in [-0.3, -0.25) is 9.59 Å². The zero-order chi connectivity index (χ0) is 15.2. The fourth-order valence-corrected chi connectivity index (χ4v) is 2.08. The molecular formula is C16H17NO4. The largest absolute Gasteiger partial charge is 0.481 e. The molecule has 21 heavy (non-hydrogen) atoms. The van der Waals surface area contributed by atoms with Crippen LogP contribution in [0.5, 0.6) is 0 Å². The summed E-state index contributed by atoms with van der Waals surface area (Å²) in [6, 6.07) is 10.6. The van der Waals surface area contributed by atoms with E-state index in [4.69, 9.17) is 9.52 Å². The van der Waals surface area contributed by atoms with Crippen LogP contribution in [-0.4, -0.2) is 17.0 Å². The van der Waals surface area contributed by atoms with Crippen molar-refractivity contribution in [3.05, 3.63) is 59.5 Å². The van der Waals surface area contributed by atoms with Crippen molar-refractivity contribution in [3.8, 4) is 0 Å². The van der Waals surface area contributed by atoms with Gasteiger partial charge in [-0.25, -0.2) is 0 Å².